The SMILES string of the molecule is CC(C)(C)c1ccc(C(C)(C)C)c(C=CC2=NN(c3ccc(-c4nc5ccccc5o4)cc3)C(c3cc(C(C)(C)C)ccc3C(C)(C)C)C2)c1. The zero-order chi connectivity index (χ0) is 36.2. The second kappa shape index (κ2) is 12.7. The Morgan fingerprint density at radius 1 is 0.640 bits per heavy atom. The van der Waals surface area contributed by atoms with Gasteiger partial charge in [0.2, 0.25) is 5.89 Å². The van der Waals surface area contributed by atoms with Gasteiger partial charge in [-0.1, -0.05) is 138 Å². The molecule has 0 radical (unpaired) electrons. The average Bonchev–Trinajstić information content (AvgIpc) is 3.67. The number of allylic oxidation sites excluding steroid dienone is 1. The molecule has 1 unspecified atom stereocenters. The van der Waals surface area contributed by atoms with Crippen LogP contribution in [0.25, 0.3) is 28.6 Å². The second-order valence-electron chi connectivity index (χ2n) is 18.1. The average molecular weight is 666 g/mol. The predicted octanol–water partition coefficient (Wildman–Crippen LogP) is 12.7. The normalized spacial score (nSPS) is 16.1. The van der Waals surface area contributed by atoms with E-state index in [0.717, 1.165) is 34.5 Å². The third kappa shape index (κ3) is 7.36. The molecule has 5 aromatic rings. The van der Waals surface area contributed by atoms with Crippen LogP contribution < -0.4 is 5.01 Å². The van der Waals surface area contributed by atoms with Crippen LogP contribution in [-0.4, -0.2) is 10.7 Å². The molecule has 0 N–H and O–H groups in total. The molecule has 6 rings (SSSR count). The number of nitrogens with zero attached hydrogens (tertiary/aromatic N) is 3. The summed E-state index contributed by atoms with van der Waals surface area (Å²) in [4.78, 5) is 4.74. The van der Waals surface area contributed by atoms with Crippen molar-refractivity contribution in [3.05, 3.63) is 124 Å². The van der Waals surface area contributed by atoms with Gasteiger partial charge in [-0.15, -0.1) is 0 Å². The molecule has 1 aliphatic rings. The Morgan fingerprint density at radius 3 is 1.84 bits per heavy atom. The minimum Gasteiger partial charge on any atom is -0.436 e. The number of anilines is 1. The summed E-state index contributed by atoms with van der Waals surface area (Å²) in [5, 5.41) is 7.61. The molecule has 4 heteroatoms. The summed E-state index contributed by atoms with van der Waals surface area (Å²) < 4.78 is 6.10. The molecule has 1 atom stereocenters. The number of hydrogen-bond acceptors (Lipinski definition) is 4. The maximum absolute atomic E-state index is 6.10. The monoisotopic (exact) mass is 665 g/mol. The zero-order valence-corrected chi connectivity index (χ0v) is 32.3. The van der Waals surface area contributed by atoms with Gasteiger partial charge in [0.15, 0.2) is 5.58 Å². The largest absolute Gasteiger partial charge is 0.436 e. The highest BCUT2D eigenvalue weighted by Crippen LogP contribution is 2.42. The summed E-state index contributed by atoms with van der Waals surface area (Å²) in [5.74, 6) is 0.628. The van der Waals surface area contributed by atoms with Crippen molar-refractivity contribution in [1.82, 2.24) is 4.98 Å². The summed E-state index contributed by atoms with van der Waals surface area (Å²) in [6.45, 7) is 27.6. The van der Waals surface area contributed by atoms with Gasteiger partial charge < -0.3 is 4.42 Å². The number of para-hydroxylation sites is 2. The molecule has 1 aromatic heterocycles. The van der Waals surface area contributed by atoms with Gasteiger partial charge in [0.1, 0.15) is 5.52 Å². The first-order valence-corrected chi connectivity index (χ1v) is 18.1. The fraction of sp³-hybridized carbons (Fsp3) is 0.391. The van der Waals surface area contributed by atoms with Crippen molar-refractivity contribution in [2.75, 3.05) is 5.01 Å². The lowest BCUT2D eigenvalue weighted by molar-refractivity contribution is 0.557. The maximum Gasteiger partial charge on any atom is 0.227 e. The van der Waals surface area contributed by atoms with E-state index >= 15 is 0 Å². The standard InChI is InChI=1S/C46H55N3O/c1-43(2,3)32-20-25-37(45(7,8)9)31(27-32)17-22-34-29-40(36-28-33(44(4,5)6)21-26-38(36)46(10,11)12)49(48-34)35-23-18-30(19-24-35)42-47-39-15-13-14-16-41(39)50-42/h13-28,40H,29H2,1-12H3. The molecule has 260 valence electrons. The predicted molar refractivity (Wildman–Crippen MR) is 213 cm³/mol. The first-order chi connectivity index (χ1) is 23.3. The van der Waals surface area contributed by atoms with Crippen molar-refractivity contribution < 1.29 is 4.42 Å². The van der Waals surface area contributed by atoms with Gasteiger partial charge in [-0.25, -0.2) is 4.98 Å². The zero-order valence-electron chi connectivity index (χ0n) is 32.3. The summed E-state index contributed by atoms with van der Waals surface area (Å²) in [5.41, 5.74) is 12.8. The molecule has 0 fully saturated rings. The van der Waals surface area contributed by atoms with Crippen molar-refractivity contribution >= 4 is 28.6 Å². The van der Waals surface area contributed by atoms with E-state index in [2.05, 4.69) is 161 Å². The van der Waals surface area contributed by atoms with Gasteiger partial charge in [0, 0.05) is 12.0 Å². The van der Waals surface area contributed by atoms with Gasteiger partial charge >= 0.3 is 0 Å². The van der Waals surface area contributed by atoms with Gasteiger partial charge in [0.25, 0.3) is 0 Å². The van der Waals surface area contributed by atoms with Crippen molar-refractivity contribution in [1.29, 1.82) is 0 Å². The molecule has 1 aliphatic heterocycles. The van der Waals surface area contributed by atoms with Crippen LogP contribution in [0, 0.1) is 0 Å². The van der Waals surface area contributed by atoms with Crippen LogP contribution in [0.3, 0.4) is 0 Å². The van der Waals surface area contributed by atoms with Crippen LogP contribution >= 0.6 is 0 Å². The highest BCUT2D eigenvalue weighted by Gasteiger charge is 2.34. The molecule has 0 bridgehead atoms. The highest BCUT2D eigenvalue weighted by molar-refractivity contribution is 6.01. The summed E-state index contributed by atoms with van der Waals surface area (Å²) >= 11 is 0. The minimum absolute atomic E-state index is 0.0214. The first-order valence-electron chi connectivity index (χ1n) is 18.1. The van der Waals surface area contributed by atoms with Crippen molar-refractivity contribution in [2.24, 2.45) is 5.10 Å². The Kier molecular flexibility index (Phi) is 9.00. The Balaban J connectivity index is 1.45. The molecule has 4 aromatic carbocycles. The minimum atomic E-state index is -0.0260. The van der Waals surface area contributed by atoms with Gasteiger partial charge in [-0.05, 0) is 97.5 Å². The van der Waals surface area contributed by atoms with Gasteiger partial charge in [-0.3, -0.25) is 5.01 Å². The lowest BCUT2D eigenvalue weighted by Gasteiger charge is -2.32. The van der Waals surface area contributed by atoms with Crippen molar-refractivity contribution in [3.8, 4) is 11.5 Å². The number of hydrogen-bond donors (Lipinski definition) is 0. The summed E-state index contributed by atoms with van der Waals surface area (Å²) in [7, 11) is 0. The summed E-state index contributed by atoms with van der Waals surface area (Å²) in [6.07, 6.45) is 5.35. The lowest BCUT2D eigenvalue weighted by Crippen LogP contribution is -2.25. The number of benzene rings is 4. The number of oxazole rings is 1. The van der Waals surface area contributed by atoms with Crippen LogP contribution in [-0.2, 0) is 21.7 Å². The van der Waals surface area contributed by atoms with E-state index in [4.69, 9.17) is 14.5 Å². The third-order valence-electron chi connectivity index (χ3n) is 9.87. The number of aromatic nitrogens is 1. The molecular formula is C46H55N3O. The van der Waals surface area contributed by atoms with Crippen LogP contribution in [0.15, 0.2) is 101 Å². The molecule has 0 aliphatic carbocycles. The molecule has 0 saturated heterocycles. The Labute approximate surface area is 300 Å². The quantitative estimate of drug-likeness (QED) is 0.188. The third-order valence-corrected chi connectivity index (χ3v) is 9.87. The highest BCUT2D eigenvalue weighted by atomic mass is 16.3. The number of fused-ring (bicyclic) bond motifs is 1. The second-order valence-corrected chi connectivity index (χ2v) is 18.1. The molecule has 0 spiro atoms. The van der Waals surface area contributed by atoms with Crippen LogP contribution in [0.4, 0.5) is 5.69 Å². The van der Waals surface area contributed by atoms with Crippen LogP contribution in [0.1, 0.15) is 129 Å². The van der Waals surface area contributed by atoms with E-state index < -0.39 is 0 Å². The van der Waals surface area contributed by atoms with Crippen LogP contribution in [0.5, 0.6) is 0 Å². The molecule has 0 saturated carbocycles. The van der Waals surface area contributed by atoms with E-state index in [1.165, 1.54) is 33.4 Å². The Hall–Kier alpha value is -4.44. The molecule has 0 amide bonds. The fourth-order valence-electron chi connectivity index (χ4n) is 6.89. The topological polar surface area (TPSA) is 41.6 Å². The van der Waals surface area contributed by atoms with E-state index in [0.29, 0.717) is 5.89 Å². The van der Waals surface area contributed by atoms with Gasteiger partial charge in [0.05, 0.1) is 17.4 Å². The molecule has 50 heavy (non-hydrogen) atoms. The number of rotatable bonds is 5. The van der Waals surface area contributed by atoms with E-state index in [-0.39, 0.29) is 27.7 Å². The fourth-order valence-corrected chi connectivity index (χ4v) is 6.89. The maximum atomic E-state index is 6.10. The Morgan fingerprint density at radius 2 is 1.24 bits per heavy atom. The lowest BCUT2D eigenvalue weighted by atomic mass is 9.77. The summed E-state index contributed by atoms with van der Waals surface area (Å²) in [6, 6.07) is 30.6. The smallest absolute Gasteiger partial charge is 0.227 e. The van der Waals surface area contributed by atoms with Gasteiger partial charge in [-0.2, -0.15) is 5.10 Å². The Bertz CT molecular complexity index is 2030. The van der Waals surface area contributed by atoms with E-state index in [9.17, 15) is 0 Å². The molecular weight excluding hydrogens is 611 g/mol. The first kappa shape index (κ1) is 35.4. The van der Waals surface area contributed by atoms with Crippen LogP contribution in [0.2, 0.25) is 0 Å². The number of hydrazone groups is 1. The van der Waals surface area contributed by atoms with E-state index in [1.54, 1.807) is 0 Å². The van der Waals surface area contributed by atoms with Crippen molar-refractivity contribution in [2.45, 2.75) is 117 Å². The molecule has 4 nitrogen and oxygen atoms in total. The van der Waals surface area contributed by atoms with Crippen molar-refractivity contribution in [3.63, 3.8) is 0 Å². The molecule has 2 heterocycles. The van der Waals surface area contributed by atoms with E-state index in [1.807, 2.05) is 24.3 Å².